The Morgan fingerprint density at radius 2 is 1.83 bits per heavy atom. The number of hydrogen-bond donors (Lipinski definition) is 3. The highest BCUT2D eigenvalue weighted by molar-refractivity contribution is 5.86. The molecule has 128 valence electrons. The molecule has 6 heteroatoms. The van der Waals surface area contributed by atoms with Gasteiger partial charge in [-0.15, -0.1) is 0 Å². The number of nitrogens with zero attached hydrogens (tertiary/aromatic N) is 1. The van der Waals surface area contributed by atoms with Crippen LogP contribution in [0.1, 0.15) is 31.9 Å². The Morgan fingerprint density at radius 3 is 2.39 bits per heavy atom. The third-order valence-corrected chi connectivity index (χ3v) is 3.02. The SMILES string of the molecule is CN=C(NCC(=O)NC(C)(C)C)NCc1ccccc1COC. The number of carbonyl (C=O) groups is 1. The van der Waals surface area contributed by atoms with Crippen LogP contribution < -0.4 is 16.0 Å². The predicted octanol–water partition coefficient (Wildman–Crippen LogP) is 1.41. The van der Waals surface area contributed by atoms with E-state index in [0.717, 1.165) is 11.1 Å². The average molecular weight is 320 g/mol. The van der Waals surface area contributed by atoms with Crippen molar-refractivity contribution in [2.45, 2.75) is 39.5 Å². The number of benzene rings is 1. The predicted molar refractivity (Wildman–Crippen MR) is 93.3 cm³/mol. The molecular formula is C17H28N4O2. The van der Waals surface area contributed by atoms with Gasteiger partial charge in [-0.3, -0.25) is 9.79 Å². The first-order valence-corrected chi connectivity index (χ1v) is 7.67. The van der Waals surface area contributed by atoms with Crippen molar-refractivity contribution in [1.82, 2.24) is 16.0 Å². The van der Waals surface area contributed by atoms with Crippen LogP contribution in [0.25, 0.3) is 0 Å². The van der Waals surface area contributed by atoms with E-state index >= 15 is 0 Å². The summed E-state index contributed by atoms with van der Waals surface area (Å²) in [7, 11) is 3.36. The van der Waals surface area contributed by atoms with Crippen molar-refractivity contribution in [3.63, 3.8) is 0 Å². The zero-order valence-corrected chi connectivity index (χ0v) is 14.7. The lowest BCUT2D eigenvalue weighted by Crippen LogP contribution is -2.48. The second kappa shape index (κ2) is 9.15. The van der Waals surface area contributed by atoms with E-state index in [-0.39, 0.29) is 18.0 Å². The van der Waals surface area contributed by atoms with E-state index in [2.05, 4.69) is 20.9 Å². The van der Waals surface area contributed by atoms with Gasteiger partial charge < -0.3 is 20.7 Å². The third kappa shape index (κ3) is 7.65. The molecule has 3 N–H and O–H groups in total. The number of hydrogen-bond acceptors (Lipinski definition) is 3. The molecule has 0 heterocycles. The Labute approximate surface area is 138 Å². The molecule has 0 aromatic heterocycles. The summed E-state index contributed by atoms with van der Waals surface area (Å²) in [6.07, 6.45) is 0. The number of amides is 1. The minimum Gasteiger partial charge on any atom is -0.380 e. The Kier molecular flexibility index (Phi) is 7.54. The van der Waals surface area contributed by atoms with Crippen LogP contribution in [0.5, 0.6) is 0 Å². The van der Waals surface area contributed by atoms with Crippen LogP contribution in [0.4, 0.5) is 0 Å². The van der Waals surface area contributed by atoms with Crippen molar-refractivity contribution in [2.24, 2.45) is 4.99 Å². The number of ether oxygens (including phenoxy) is 1. The number of rotatable bonds is 6. The Balaban J connectivity index is 2.50. The van der Waals surface area contributed by atoms with E-state index < -0.39 is 0 Å². The summed E-state index contributed by atoms with van der Waals surface area (Å²) < 4.78 is 5.20. The second-order valence-corrected chi connectivity index (χ2v) is 6.28. The van der Waals surface area contributed by atoms with E-state index in [1.54, 1.807) is 14.2 Å². The van der Waals surface area contributed by atoms with Crippen molar-refractivity contribution in [3.05, 3.63) is 35.4 Å². The second-order valence-electron chi connectivity index (χ2n) is 6.28. The van der Waals surface area contributed by atoms with E-state index in [9.17, 15) is 4.79 Å². The number of methoxy groups -OCH3 is 1. The molecule has 1 amide bonds. The summed E-state index contributed by atoms with van der Waals surface area (Å²) in [6, 6.07) is 8.05. The number of aliphatic imine (C=N–C) groups is 1. The van der Waals surface area contributed by atoms with Crippen LogP contribution in [0.15, 0.2) is 29.3 Å². The van der Waals surface area contributed by atoms with Crippen molar-refractivity contribution in [3.8, 4) is 0 Å². The first kappa shape index (κ1) is 19.0. The minimum absolute atomic E-state index is 0.0692. The van der Waals surface area contributed by atoms with Crippen LogP contribution in [0.3, 0.4) is 0 Å². The fourth-order valence-corrected chi connectivity index (χ4v) is 2.05. The van der Waals surface area contributed by atoms with Gasteiger partial charge in [0.15, 0.2) is 5.96 Å². The van der Waals surface area contributed by atoms with Crippen molar-refractivity contribution in [2.75, 3.05) is 20.7 Å². The summed E-state index contributed by atoms with van der Waals surface area (Å²) >= 11 is 0. The van der Waals surface area contributed by atoms with Gasteiger partial charge in [-0.25, -0.2) is 0 Å². The zero-order valence-electron chi connectivity index (χ0n) is 14.7. The van der Waals surface area contributed by atoms with E-state index in [1.807, 2.05) is 45.0 Å². The summed E-state index contributed by atoms with van der Waals surface area (Å²) in [5.74, 6) is 0.515. The van der Waals surface area contributed by atoms with Crippen LogP contribution in [0.2, 0.25) is 0 Å². The van der Waals surface area contributed by atoms with Gasteiger partial charge in [-0.2, -0.15) is 0 Å². The fourth-order valence-electron chi connectivity index (χ4n) is 2.05. The fraction of sp³-hybridized carbons (Fsp3) is 0.529. The third-order valence-electron chi connectivity index (χ3n) is 3.02. The van der Waals surface area contributed by atoms with Crippen LogP contribution in [-0.2, 0) is 22.7 Å². The molecule has 0 unspecified atom stereocenters. The van der Waals surface area contributed by atoms with Gasteiger partial charge in [-0.1, -0.05) is 24.3 Å². The molecule has 0 spiro atoms. The van der Waals surface area contributed by atoms with E-state index in [0.29, 0.717) is 19.1 Å². The molecule has 0 fully saturated rings. The Hall–Kier alpha value is -2.08. The standard InChI is InChI=1S/C17H28N4O2/c1-17(2,3)21-15(22)11-20-16(18-4)19-10-13-8-6-7-9-14(13)12-23-5/h6-9H,10-12H2,1-5H3,(H,21,22)(H2,18,19,20). The van der Waals surface area contributed by atoms with E-state index in [4.69, 9.17) is 4.74 Å². The topological polar surface area (TPSA) is 74.8 Å². The molecular weight excluding hydrogens is 292 g/mol. The molecule has 0 radical (unpaired) electrons. The van der Waals surface area contributed by atoms with Gasteiger partial charge in [0.05, 0.1) is 13.2 Å². The maximum Gasteiger partial charge on any atom is 0.239 e. The molecule has 1 aromatic carbocycles. The van der Waals surface area contributed by atoms with Gasteiger partial charge >= 0.3 is 0 Å². The molecule has 0 saturated heterocycles. The normalized spacial score (nSPS) is 12.0. The molecule has 0 aliphatic carbocycles. The number of carbonyl (C=O) groups excluding carboxylic acids is 1. The monoisotopic (exact) mass is 320 g/mol. The van der Waals surface area contributed by atoms with Crippen molar-refractivity contribution in [1.29, 1.82) is 0 Å². The lowest BCUT2D eigenvalue weighted by Gasteiger charge is -2.21. The highest BCUT2D eigenvalue weighted by Gasteiger charge is 2.13. The van der Waals surface area contributed by atoms with E-state index in [1.165, 1.54) is 0 Å². The van der Waals surface area contributed by atoms with Gasteiger partial charge in [0.2, 0.25) is 5.91 Å². The first-order valence-electron chi connectivity index (χ1n) is 7.67. The average Bonchev–Trinajstić information content (AvgIpc) is 2.47. The van der Waals surface area contributed by atoms with Crippen LogP contribution in [-0.4, -0.2) is 38.1 Å². The number of nitrogens with one attached hydrogen (secondary N) is 3. The smallest absolute Gasteiger partial charge is 0.239 e. The quantitative estimate of drug-likeness (QED) is 0.547. The molecule has 1 aromatic rings. The molecule has 0 aliphatic heterocycles. The molecule has 1 rings (SSSR count). The molecule has 6 nitrogen and oxygen atoms in total. The molecule has 0 bridgehead atoms. The van der Waals surface area contributed by atoms with Crippen molar-refractivity contribution >= 4 is 11.9 Å². The Bertz CT molecular complexity index is 536. The largest absolute Gasteiger partial charge is 0.380 e. The first-order chi connectivity index (χ1) is 10.9. The minimum atomic E-state index is -0.241. The zero-order chi connectivity index (χ0) is 17.3. The number of guanidine groups is 1. The molecule has 23 heavy (non-hydrogen) atoms. The lowest BCUT2D eigenvalue weighted by atomic mass is 10.1. The van der Waals surface area contributed by atoms with Gasteiger partial charge in [0, 0.05) is 26.2 Å². The Morgan fingerprint density at radius 1 is 1.17 bits per heavy atom. The van der Waals surface area contributed by atoms with Gasteiger partial charge in [0.25, 0.3) is 0 Å². The molecule has 0 saturated carbocycles. The maximum absolute atomic E-state index is 11.8. The molecule has 0 aliphatic rings. The maximum atomic E-state index is 11.8. The lowest BCUT2D eigenvalue weighted by molar-refractivity contribution is -0.121. The van der Waals surface area contributed by atoms with Crippen LogP contribution in [0, 0.1) is 0 Å². The summed E-state index contributed by atoms with van der Waals surface area (Å²) in [5.41, 5.74) is 2.02. The highest BCUT2D eigenvalue weighted by atomic mass is 16.5. The highest BCUT2D eigenvalue weighted by Crippen LogP contribution is 2.09. The molecule has 0 atom stereocenters. The van der Waals surface area contributed by atoms with Crippen molar-refractivity contribution < 1.29 is 9.53 Å². The summed E-state index contributed by atoms with van der Waals surface area (Å²) in [4.78, 5) is 16.0. The van der Waals surface area contributed by atoms with Gasteiger partial charge in [-0.05, 0) is 31.9 Å². The van der Waals surface area contributed by atoms with Gasteiger partial charge in [0.1, 0.15) is 0 Å². The van der Waals surface area contributed by atoms with Crippen LogP contribution >= 0.6 is 0 Å². The summed E-state index contributed by atoms with van der Waals surface area (Å²) in [6.45, 7) is 7.20. The summed E-state index contributed by atoms with van der Waals surface area (Å²) in [5, 5.41) is 9.11.